The molecule has 1 N–H and O–H groups in total. The van der Waals surface area contributed by atoms with Gasteiger partial charge >= 0.3 is 0 Å². The summed E-state index contributed by atoms with van der Waals surface area (Å²) in [5.74, 6) is 2.70. The SMILES string of the molecule is CC1CC(O)(C2CCOC3(CCSC3)C2)CC(C)O1. The van der Waals surface area contributed by atoms with Crippen LogP contribution in [-0.4, -0.2) is 46.6 Å². The van der Waals surface area contributed by atoms with E-state index in [1.807, 2.05) is 11.8 Å². The van der Waals surface area contributed by atoms with Crippen molar-refractivity contribution in [2.45, 2.75) is 69.4 Å². The number of hydrogen-bond acceptors (Lipinski definition) is 4. The molecule has 3 rings (SSSR count). The maximum atomic E-state index is 11.1. The molecule has 0 bridgehead atoms. The second-order valence-corrected chi connectivity index (χ2v) is 7.90. The number of aliphatic hydroxyl groups is 1. The Kier molecular flexibility index (Phi) is 3.89. The zero-order chi connectivity index (χ0) is 13.5. The Hall–Kier alpha value is 0.230. The molecule has 4 heteroatoms. The van der Waals surface area contributed by atoms with Crippen molar-refractivity contribution in [2.75, 3.05) is 18.1 Å². The molecule has 0 amide bonds. The Morgan fingerprint density at radius 1 is 1.16 bits per heavy atom. The predicted molar refractivity (Wildman–Crippen MR) is 77.5 cm³/mol. The predicted octanol–water partition coefficient (Wildman–Crippen LogP) is 2.61. The van der Waals surface area contributed by atoms with E-state index in [4.69, 9.17) is 9.47 Å². The van der Waals surface area contributed by atoms with Crippen molar-refractivity contribution in [3.8, 4) is 0 Å². The molecule has 3 aliphatic rings. The quantitative estimate of drug-likeness (QED) is 0.804. The first kappa shape index (κ1) is 14.2. The first-order valence-electron chi connectivity index (χ1n) is 7.61. The van der Waals surface area contributed by atoms with Gasteiger partial charge < -0.3 is 14.6 Å². The largest absolute Gasteiger partial charge is 0.389 e. The van der Waals surface area contributed by atoms with Gasteiger partial charge in [0.05, 0.1) is 23.4 Å². The van der Waals surface area contributed by atoms with Gasteiger partial charge in [0.25, 0.3) is 0 Å². The molecule has 3 saturated heterocycles. The molecule has 3 nitrogen and oxygen atoms in total. The van der Waals surface area contributed by atoms with Crippen LogP contribution >= 0.6 is 11.8 Å². The van der Waals surface area contributed by atoms with Gasteiger partial charge in [-0.2, -0.15) is 11.8 Å². The molecule has 1 spiro atoms. The number of thioether (sulfide) groups is 1. The second-order valence-electron chi connectivity index (χ2n) is 6.79. The minimum absolute atomic E-state index is 0.0636. The van der Waals surface area contributed by atoms with Gasteiger partial charge in [-0.05, 0) is 44.8 Å². The standard InChI is InChI=1S/C15H26O3S/c1-11-7-15(16,8-12(2)18-11)13-3-5-17-14(9-13)4-6-19-10-14/h11-13,16H,3-10H2,1-2H3. The van der Waals surface area contributed by atoms with Crippen LogP contribution in [0.5, 0.6) is 0 Å². The summed E-state index contributed by atoms with van der Waals surface area (Å²) < 4.78 is 11.9. The summed E-state index contributed by atoms with van der Waals surface area (Å²) in [6, 6.07) is 0. The van der Waals surface area contributed by atoms with Gasteiger partial charge in [0.15, 0.2) is 0 Å². The van der Waals surface area contributed by atoms with Crippen LogP contribution in [0.25, 0.3) is 0 Å². The Balaban J connectivity index is 1.73. The van der Waals surface area contributed by atoms with Crippen LogP contribution in [-0.2, 0) is 9.47 Å². The third-order valence-corrected chi connectivity index (χ3v) is 6.29. The van der Waals surface area contributed by atoms with Crippen molar-refractivity contribution in [3.05, 3.63) is 0 Å². The zero-order valence-corrected chi connectivity index (χ0v) is 12.9. The molecule has 3 fully saturated rings. The molecule has 0 aromatic carbocycles. The molecule has 4 atom stereocenters. The maximum absolute atomic E-state index is 11.1. The average molecular weight is 286 g/mol. The van der Waals surface area contributed by atoms with Crippen molar-refractivity contribution in [2.24, 2.45) is 5.92 Å². The van der Waals surface area contributed by atoms with Crippen molar-refractivity contribution < 1.29 is 14.6 Å². The highest BCUT2D eigenvalue weighted by Gasteiger charge is 2.49. The van der Waals surface area contributed by atoms with Crippen molar-refractivity contribution in [1.29, 1.82) is 0 Å². The molecule has 3 heterocycles. The Morgan fingerprint density at radius 2 is 1.89 bits per heavy atom. The number of hydrogen-bond donors (Lipinski definition) is 1. The highest BCUT2D eigenvalue weighted by atomic mass is 32.2. The van der Waals surface area contributed by atoms with Gasteiger partial charge in [-0.15, -0.1) is 0 Å². The van der Waals surface area contributed by atoms with E-state index >= 15 is 0 Å². The van der Waals surface area contributed by atoms with Crippen molar-refractivity contribution in [1.82, 2.24) is 0 Å². The molecule has 0 radical (unpaired) electrons. The van der Waals surface area contributed by atoms with Gasteiger partial charge in [0, 0.05) is 25.2 Å². The topological polar surface area (TPSA) is 38.7 Å². The molecule has 0 aliphatic carbocycles. The lowest BCUT2D eigenvalue weighted by atomic mass is 9.70. The van der Waals surface area contributed by atoms with Gasteiger partial charge in [-0.25, -0.2) is 0 Å². The summed E-state index contributed by atoms with van der Waals surface area (Å²) >= 11 is 2.00. The van der Waals surface area contributed by atoms with Crippen LogP contribution in [0.15, 0.2) is 0 Å². The van der Waals surface area contributed by atoms with E-state index < -0.39 is 5.60 Å². The van der Waals surface area contributed by atoms with Crippen LogP contribution in [0, 0.1) is 5.92 Å². The lowest BCUT2D eigenvalue weighted by Gasteiger charge is -2.49. The van der Waals surface area contributed by atoms with E-state index in [2.05, 4.69) is 13.8 Å². The lowest BCUT2D eigenvalue weighted by molar-refractivity contribution is -0.188. The zero-order valence-electron chi connectivity index (χ0n) is 12.1. The summed E-state index contributed by atoms with van der Waals surface area (Å²) in [6.45, 7) is 4.99. The van der Waals surface area contributed by atoms with Crippen molar-refractivity contribution >= 4 is 11.8 Å². The van der Waals surface area contributed by atoms with Crippen LogP contribution < -0.4 is 0 Å². The smallest absolute Gasteiger partial charge is 0.0784 e. The van der Waals surface area contributed by atoms with Crippen LogP contribution in [0.2, 0.25) is 0 Å². The first-order chi connectivity index (χ1) is 9.01. The number of ether oxygens (including phenoxy) is 2. The first-order valence-corrected chi connectivity index (χ1v) is 8.76. The molecule has 0 aromatic rings. The van der Waals surface area contributed by atoms with Crippen LogP contribution in [0.4, 0.5) is 0 Å². The summed E-state index contributed by atoms with van der Waals surface area (Å²) in [5, 5.41) is 11.1. The van der Waals surface area contributed by atoms with Gasteiger partial charge in [-0.3, -0.25) is 0 Å². The normalized spacial score (nSPS) is 51.6. The molecular weight excluding hydrogens is 260 g/mol. The molecule has 110 valence electrons. The highest BCUT2D eigenvalue weighted by molar-refractivity contribution is 7.99. The highest BCUT2D eigenvalue weighted by Crippen LogP contribution is 2.47. The maximum Gasteiger partial charge on any atom is 0.0784 e. The molecule has 0 aromatic heterocycles. The molecular formula is C15H26O3S. The van der Waals surface area contributed by atoms with Gasteiger partial charge in [-0.1, -0.05) is 0 Å². The Bertz CT molecular complexity index is 317. The Labute approximate surface area is 120 Å². The molecule has 4 unspecified atom stereocenters. The fourth-order valence-corrected chi connectivity index (χ4v) is 5.63. The molecule has 3 aliphatic heterocycles. The monoisotopic (exact) mass is 286 g/mol. The number of rotatable bonds is 1. The van der Waals surface area contributed by atoms with E-state index in [0.29, 0.717) is 5.92 Å². The summed E-state index contributed by atoms with van der Waals surface area (Å²) in [5.41, 5.74) is -0.477. The molecule has 19 heavy (non-hydrogen) atoms. The van der Waals surface area contributed by atoms with E-state index in [1.165, 1.54) is 5.75 Å². The minimum atomic E-state index is -0.541. The van der Waals surface area contributed by atoms with Gasteiger partial charge in [0.1, 0.15) is 0 Å². The Morgan fingerprint density at radius 3 is 2.53 bits per heavy atom. The van der Waals surface area contributed by atoms with Crippen LogP contribution in [0.1, 0.15) is 46.0 Å². The molecule has 0 saturated carbocycles. The van der Waals surface area contributed by atoms with Gasteiger partial charge in [0.2, 0.25) is 0 Å². The second kappa shape index (κ2) is 5.21. The lowest BCUT2D eigenvalue weighted by Crippen LogP contribution is -2.53. The third kappa shape index (κ3) is 2.82. The van der Waals surface area contributed by atoms with Crippen LogP contribution in [0.3, 0.4) is 0 Å². The summed E-state index contributed by atoms with van der Waals surface area (Å²) in [4.78, 5) is 0. The van der Waals surface area contributed by atoms with E-state index in [9.17, 15) is 5.11 Å². The third-order valence-electron chi connectivity index (χ3n) is 5.07. The van der Waals surface area contributed by atoms with E-state index in [1.54, 1.807) is 0 Å². The fraction of sp³-hybridized carbons (Fsp3) is 1.00. The summed E-state index contributed by atoms with van der Waals surface area (Å²) in [6.07, 6.45) is 5.11. The van der Waals surface area contributed by atoms with Crippen molar-refractivity contribution in [3.63, 3.8) is 0 Å². The van der Waals surface area contributed by atoms with E-state index in [0.717, 1.165) is 44.5 Å². The average Bonchev–Trinajstić information content (AvgIpc) is 2.75. The minimum Gasteiger partial charge on any atom is -0.389 e. The summed E-state index contributed by atoms with van der Waals surface area (Å²) in [7, 11) is 0. The fourth-order valence-electron chi connectivity index (χ4n) is 4.25. The van der Waals surface area contributed by atoms with E-state index in [-0.39, 0.29) is 17.8 Å².